The summed E-state index contributed by atoms with van der Waals surface area (Å²) in [6, 6.07) is 19.9. The van der Waals surface area contributed by atoms with Crippen molar-refractivity contribution in [3.63, 3.8) is 0 Å². The SMILES string of the molecule is C=O.COC1=CC=C(C)CC1.COc1ccc(C)cc1.Cc1ccc2cc(C=O)ccc2c1. The van der Waals surface area contributed by atoms with Crippen LogP contribution in [0, 0.1) is 13.8 Å². The highest BCUT2D eigenvalue weighted by atomic mass is 16.5. The fourth-order valence-electron chi connectivity index (χ4n) is 3.02. The molecule has 0 atom stereocenters. The Bertz CT molecular complexity index is 1060. The van der Waals surface area contributed by atoms with Crippen LogP contribution < -0.4 is 4.74 Å². The average Bonchev–Trinajstić information content (AvgIpc) is 2.86. The van der Waals surface area contributed by atoms with E-state index in [9.17, 15) is 4.79 Å². The van der Waals surface area contributed by atoms with E-state index in [-0.39, 0.29) is 0 Å². The summed E-state index contributed by atoms with van der Waals surface area (Å²) in [4.78, 5) is 18.5. The zero-order chi connectivity index (χ0) is 24.6. The summed E-state index contributed by atoms with van der Waals surface area (Å²) in [5.41, 5.74) is 4.68. The van der Waals surface area contributed by atoms with Crippen LogP contribution in [0.15, 0.2) is 84.1 Å². The van der Waals surface area contributed by atoms with Crippen LogP contribution in [0.4, 0.5) is 0 Å². The summed E-state index contributed by atoms with van der Waals surface area (Å²) in [7, 11) is 3.39. The molecule has 0 unspecified atom stereocenters. The van der Waals surface area contributed by atoms with Gasteiger partial charge in [0.25, 0.3) is 0 Å². The normalized spacial score (nSPS) is 11.7. The highest BCUT2D eigenvalue weighted by molar-refractivity contribution is 5.89. The maximum absolute atomic E-state index is 10.5. The van der Waals surface area contributed by atoms with Crippen molar-refractivity contribution in [2.75, 3.05) is 14.2 Å². The van der Waals surface area contributed by atoms with Crippen molar-refractivity contribution in [3.05, 3.63) is 101 Å². The highest BCUT2D eigenvalue weighted by Crippen LogP contribution is 2.17. The number of carbonyl (C=O) groups is 2. The van der Waals surface area contributed by atoms with Crippen LogP contribution in [0.25, 0.3) is 10.8 Å². The highest BCUT2D eigenvalue weighted by Gasteiger charge is 2.00. The third-order valence-electron chi connectivity index (χ3n) is 4.99. The van der Waals surface area contributed by atoms with Crippen LogP contribution >= 0.6 is 0 Å². The van der Waals surface area contributed by atoms with Gasteiger partial charge in [-0.15, -0.1) is 0 Å². The molecule has 0 saturated carbocycles. The molecule has 4 rings (SSSR count). The Morgan fingerprint density at radius 2 is 1.33 bits per heavy atom. The van der Waals surface area contributed by atoms with E-state index < -0.39 is 0 Å². The van der Waals surface area contributed by atoms with E-state index in [1.165, 1.54) is 22.1 Å². The minimum absolute atomic E-state index is 0.733. The van der Waals surface area contributed by atoms with Crippen molar-refractivity contribution in [1.82, 2.24) is 0 Å². The zero-order valence-electron chi connectivity index (χ0n) is 20.3. The van der Waals surface area contributed by atoms with E-state index in [0.29, 0.717) is 0 Å². The molecule has 0 amide bonds. The lowest BCUT2D eigenvalue weighted by atomic mass is 10.1. The quantitative estimate of drug-likeness (QED) is 0.405. The van der Waals surface area contributed by atoms with E-state index in [2.05, 4.69) is 39.0 Å². The molecule has 174 valence electrons. The number of benzene rings is 3. The van der Waals surface area contributed by atoms with Crippen molar-refractivity contribution in [2.24, 2.45) is 0 Å². The maximum atomic E-state index is 10.5. The molecule has 4 heteroatoms. The molecule has 0 radical (unpaired) electrons. The molecule has 1 aliphatic carbocycles. The Hall–Kier alpha value is -3.66. The topological polar surface area (TPSA) is 52.6 Å². The predicted molar refractivity (Wildman–Crippen MR) is 137 cm³/mol. The van der Waals surface area contributed by atoms with Gasteiger partial charge in [-0.3, -0.25) is 4.79 Å². The first-order valence-electron chi connectivity index (χ1n) is 10.7. The maximum Gasteiger partial charge on any atom is 0.150 e. The van der Waals surface area contributed by atoms with Gasteiger partial charge < -0.3 is 14.3 Å². The minimum atomic E-state index is 0.733. The first-order valence-corrected chi connectivity index (χ1v) is 10.7. The predicted octanol–water partition coefficient (Wildman–Crippen LogP) is 7.04. The van der Waals surface area contributed by atoms with Crippen LogP contribution in [0.1, 0.15) is 41.3 Å². The van der Waals surface area contributed by atoms with Crippen LogP contribution in [0.5, 0.6) is 5.75 Å². The number of aryl methyl sites for hydroxylation is 2. The van der Waals surface area contributed by atoms with E-state index in [0.717, 1.165) is 41.6 Å². The van der Waals surface area contributed by atoms with Crippen LogP contribution in [-0.2, 0) is 9.53 Å². The fourth-order valence-corrected chi connectivity index (χ4v) is 3.02. The molecule has 0 heterocycles. The molecule has 0 N–H and O–H groups in total. The third kappa shape index (κ3) is 10.0. The summed E-state index contributed by atoms with van der Waals surface area (Å²) in [5.74, 6) is 2.02. The Balaban J connectivity index is 0.000000245. The lowest BCUT2D eigenvalue weighted by Gasteiger charge is -2.09. The van der Waals surface area contributed by atoms with E-state index in [1.54, 1.807) is 14.2 Å². The van der Waals surface area contributed by atoms with Crippen LogP contribution in [0.3, 0.4) is 0 Å². The number of ether oxygens (including phenoxy) is 2. The second kappa shape index (κ2) is 15.2. The average molecular weight is 447 g/mol. The number of allylic oxidation sites excluding steroid dienone is 4. The summed E-state index contributed by atoms with van der Waals surface area (Å²) in [6.45, 7) is 8.26. The van der Waals surface area contributed by atoms with Gasteiger partial charge in [-0.1, -0.05) is 65.2 Å². The van der Waals surface area contributed by atoms with Gasteiger partial charge >= 0.3 is 0 Å². The minimum Gasteiger partial charge on any atom is -0.501 e. The van der Waals surface area contributed by atoms with Gasteiger partial charge in [-0.05, 0) is 62.2 Å². The van der Waals surface area contributed by atoms with Gasteiger partial charge in [-0.25, -0.2) is 0 Å². The van der Waals surface area contributed by atoms with Crippen LogP contribution in [-0.4, -0.2) is 27.3 Å². The van der Waals surface area contributed by atoms with Crippen molar-refractivity contribution >= 4 is 23.8 Å². The number of hydrogen-bond acceptors (Lipinski definition) is 4. The molecular weight excluding hydrogens is 412 g/mol. The Kier molecular flexibility index (Phi) is 12.6. The molecular formula is C29H34O4. The van der Waals surface area contributed by atoms with Crippen molar-refractivity contribution in [1.29, 1.82) is 0 Å². The standard InChI is InChI=1S/C12H10O.C8H12O.C8H10O.CH2O/c1-9-2-4-12-7-10(8-13)3-5-11(12)6-9;2*1-7-3-5-8(9-2)6-4-7;1-2/h2-8H,1H3;3,5H,4,6H2,1-2H3;3-6H,1-2H3;1H2. The summed E-state index contributed by atoms with van der Waals surface area (Å²) in [5, 5.41) is 2.31. The number of carbonyl (C=O) groups excluding carboxylic acids is 2. The van der Waals surface area contributed by atoms with Crippen molar-refractivity contribution in [2.45, 2.75) is 33.6 Å². The van der Waals surface area contributed by atoms with E-state index in [1.807, 2.05) is 61.4 Å². The van der Waals surface area contributed by atoms with E-state index >= 15 is 0 Å². The summed E-state index contributed by atoms with van der Waals surface area (Å²) < 4.78 is 10.0. The smallest absolute Gasteiger partial charge is 0.150 e. The monoisotopic (exact) mass is 446 g/mol. The number of methoxy groups -OCH3 is 2. The van der Waals surface area contributed by atoms with Crippen LogP contribution in [0.2, 0.25) is 0 Å². The Labute approximate surface area is 197 Å². The largest absolute Gasteiger partial charge is 0.501 e. The van der Waals surface area contributed by atoms with Gasteiger partial charge in [0, 0.05) is 12.0 Å². The molecule has 0 spiro atoms. The molecule has 0 aliphatic heterocycles. The van der Waals surface area contributed by atoms with E-state index in [4.69, 9.17) is 14.3 Å². The van der Waals surface area contributed by atoms with Crippen molar-refractivity contribution in [3.8, 4) is 5.75 Å². The zero-order valence-corrected chi connectivity index (χ0v) is 20.3. The van der Waals surface area contributed by atoms with Gasteiger partial charge in [-0.2, -0.15) is 0 Å². The molecule has 3 aromatic carbocycles. The molecule has 0 fully saturated rings. The summed E-state index contributed by atoms with van der Waals surface area (Å²) >= 11 is 0. The number of rotatable bonds is 3. The van der Waals surface area contributed by atoms with Gasteiger partial charge in [0.15, 0.2) is 0 Å². The lowest BCUT2D eigenvalue weighted by molar-refractivity contribution is -0.0980. The second-order valence-corrected chi connectivity index (χ2v) is 7.60. The first kappa shape index (κ1) is 27.4. The molecule has 0 saturated heterocycles. The summed E-state index contributed by atoms with van der Waals surface area (Å²) in [6.07, 6.45) is 7.25. The van der Waals surface area contributed by atoms with Crippen molar-refractivity contribution < 1.29 is 19.1 Å². The molecule has 0 aromatic heterocycles. The number of hydrogen-bond donors (Lipinski definition) is 0. The number of aldehydes is 1. The van der Waals surface area contributed by atoms with Gasteiger partial charge in [0.2, 0.25) is 0 Å². The Morgan fingerprint density at radius 1 is 0.727 bits per heavy atom. The lowest BCUT2D eigenvalue weighted by Crippen LogP contribution is -1.92. The third-order valence-corrected chi connectivity index (χ3v) is 4.99. The molecule has 1 aliphatic rings. The second-order valence-electron chi connectivity index (χ2n) is 7.60. The molecule has 4 nitrogen and oxygen atoms in total. The molecule has 33 heavy (non-hydrogen) atoms. The van der Waals surface area contributed by atoms with Gasteiger partial charge in [0.05, 0.1) is 20.0 Å². The first-order chi connectivity index (χ1) is 15.9. The van der Waals surface area contributed by atoms with Gasteiger partial charge in [0.1, 0.15) is 18.8 Å². The molecule has 3 aromatic rings. The number of fused-ring (bicyclic) bond motifs is 1. The fraction of sp³-hybridized carbons (Fsp3) is 0.241. The Morgan fingerprint density at radius 3 is 1.88 bits per heavy atom. The molecule has 0 bridgehead atoms.